The summed E-state index contributed by atoms with van der Waals surface area (Å²) in [6, 6.07) is 14.7. The van der Waals surface area contributed by atoms with Gasteiger partial charge in [0.05, 0.1) is 19.5 Å². The maximum atomic E-state index is 13.7. The molecule has 0 saturated heterocycles. The Morgan fingerprint density at radius 2 is 1.42 bits per heavy atom. The molecule has 0 fully saturated rings. The van der Waals surface area contributed by atoms with Crippen LogP contribution in [0.1, 0.15) is 30.9 Å². The van der Waals surface area contributed by atoms with E-state index in [1.54, 1.807) is 20.3 Å². The van der Waals surface area contributed by atoms with E-state index in [2.05, 4.69) is 6.58 Å². The summed E-state index contributed by atoms with van der Waals surface area (Å²) in [6.07, 6.45) is 2.46. The lowest BCUT2D eigenvalue weighted by Gasteiger charge is -2.30. The fraction of sp³-hybridized carbons (Fsp3) is 0.417. The fourth-order valence-corrected chi connectivity index (χ4v) is 5.71. The molecule has 0 saturated carbocycles. The van der Waals surface area contributed by atoms with E-state index in [-0.39, 0.29) is 32.0 Å². The molecule has 2 rings (SSSR count). The Bertz CT molecular complexity index is 860. The molecule has 0 radical (unpaired) electrons. The molecule has 0 unspecified atom stereocenters. The molecule has 6 nitrogen and oxygen atoms in total. The molecule has 1 N–H and O–H groups in total. The lowest BCUT2D eigenvalue weighted by atomic mass is 10.0. The average molecular weight is 448 g/mol. The number of sulfonamides is 1. The predicted octanol–water partition coefficient (Wildman–Crippen LogP) is 4.00. The van der Waals surface area contributed by atoms with Crippen molar-refractivity contribution in [3.63, 3.8) is 0 Å². The van der Waals surface area contributed by atoms with Gasteiger partial charge in [0.1, 0.15) is 11.5 Å². The lowest BCUT2D eigenvalue weighted by Crippen LogP contribution is -2.41. The SMILES string of the molecule is C=CC[C@@H](C)[C@H](CCO)S(=O)(=O)N(Cc1ccc(OC)cc1)Cc1ccc(OC)cc1. The van der Waals surface area contributed by atoms with E-state index in [1.807, 2.05) is 55.5 Å². The molecule has 0 aliphatic carbocycles. The third-order valence-corrected chi connectivity index (χ3v) is 7.81. The van der Waals surface area contributed by atoms with Crippen molar-refractivity contribution >= 4 is 10.0 Å². The molecule has 0 aromatic heterocycles. The quantitative estimate of drug-likeness (QED) is 0.470. The van der Waals surface area contributed by atoms with Gasteiger partial charge >= 0.3 is 0 Å². The Balaban J connectivity index is 2.39. The maximum Gasteiger partial charge on any atom is 0.217 e. The molecular weight excluding hydrogens is 414 g/mol. The zero-order valence-electron chi connectivity index (χ0n) is 18.5. The van der Waals surface area contributed by atoms with Crippen LogP contribution in [-0.2, 0) is 23.1 Å². The molecule has 0 amide bonds. The van der Waals surface area contributed by atoms with Gasteiger partial charge in [0.2, 0.25) is 10.0 Å². The van der Waals surface area contributed by atoms with Crippen LogP contribution in [0.5, 0.6) is 11.5 Å². The molecule has 0 heterocycles. The molecular formula is C24H33NO5S. The minimum atomic E-state index is -3.71. The van der Waals surface area contributed by atoms with Gasteiger partial charge in [-0.15, -0.1) is 6.58 Å². The van der Waals surface area contributed by atoms with E-state index in [0.29, 0.717) is 17.9 Å². The summed E-state index contributed by atoms with van der Waals surface area (Å²) in [5, 5.41) is 8.86. The Kier molecular flexibility index (Phi) is 9.55. The second-order valence-corrected chi connectivity index (χ2v) is 9.71. The normalized spacial score (nSPS) is 13.6. The number of nitrogens with zero attached hydrogens (tertiary/aromatic N) is 1. The molecule has 2 aromatic carbocycles. The topological polar surface area (TPSA) is 76.1 Å². The standard InChI is InChI=1S/C24H33NO5S/c1-5-6-19(2)24(15-16-26)31(27,28)25(17-20-7-11-22(29-3)12-8-20)18-21-9-13-23(30-4)14-10-21/h5,7-14,19,24,26H,1,6,15-18H2,2-4H3/t19-,24+/m1/s1. The van der Waals surface area contributed by atoms with Crippen molar-refractivity contribution in [1.82, 2.24) is 4.31 Å². The van der Waals surface area contributed by atoms with Crippen LogP contribution < -0.4 is 9.47 Å². The third kappa shape index (κ3) is 6.82. The minimum absolute atomic E-state index is 0.163. The zero-order chi connectivity index (χ0) is 22.9. The highest BCUT2D eigenvalue weighted by molar-refractivity contribution is 7.89. The Labute approximate surface area is 186 Å². The van der Waals surface area contributed by atoms with Crippen molar-refractivity contribution in [1.29, 1.82) is 0 Å². The molecule has 2 aromatic rings. The van der Waals surface area contributed by atoms with Crippen molar-refractivity contribution in [3.8, 4) is 11.5 Å². The van der Waals surface area contributed by atoms with Gasteiger partial charge in [0, 0.05) is 19.7 Å². The largest absolute Gasteiger partial charge is 0.497 e. The summed E-state index contributed by atoms with van der Waals surface area (Å²) in [7, 11) is -0.525. The summed E-state index contributed by atoms with van der Waals surface area (Å²) < 4.78 is 39.4. The van der Waals surface area contributed by atoms with Crippen LogP contribution in [0.4, 0.5) is 0 Å². The third-order valence-electron chi connectivity index (χ3n) is 5.37. The van der Waals surface area contributed by atoms with Gasteiger partial charge in [0.15, 0.2) is 0 Å². The summed E-state index contributed by atoms with van der Waals surface area (Å²) in [5.41, 5.74) is 1.72. The van der Waals surface area contributed by atoms with Crippen LogP contribution in [0.15, 0.2) is 61.2 Å². The van der Waals surface area contributed by atoms with Crippen molar-refractivity contribution in [2.24, 2.45) is 5.92 Å². The summed E-state index contributed by atoms with van der Waals surface area (Å²) in [5.74, 6) is 1.26. The molecule has 170 valence electrons. The number of methoxy groups -OCH3 is 2. The van der Waals surface area contributed by atoms with Crippen molar-refractivity contribution in [2.45, 2.75) is 38.1 Å². The molecule has 31 heavy (non-hydrogen) atoms. The van der Waals surface area contributed by atoms with Crippen LogP contribution in [0, 0.1) is 5.92 Å². The number of benzene rings is 2. The Morgan fingerprint density at radius 1 is 0.968 bits per heavy atom. The Morgan fingerprint density at radius 3 is 1.77 bits per heavy atom. The number of ether oxygens (including phenoxy) is 2. The number of hydrogen-bond donors (Lipinski definition) is 1. The molecule has 2 atom stereocenters. The van der Waals surface area contributed by atoms with Crippen LogP contribution >= 0.6 is 0 Å². The molecule has 0 spiro atoms. The zero-order valence-corrected chi connectivity index (χ0v) is 19.3. The summed E-state index contributed by atoms with van der Waals surface area (Å²) >= 11 is 0. The van der Waals surface area contributed by atoms with E-state index >= 15 is 0 Å². The molecule has 0 aliphatic rings. The van der Waals surface area contributed by atoms with Crippen LogP contribution in [-0.4, -0.2) is 43.9 Å². The Hall–Kier alpha value is -2.35. The van der Waals surface area contributed by atoms with Crippen LogP contribution in [0.25, 0.3) is 0 Å². The molecule has 0 aliphatic heterocycles. The predicted molar refractivity (Wildman–Crippen MR) is 124 cm³/mol. The molecule has 0 bridgehead atoms. The second kappa shape index (κ2) is 11.9. The first-order valence-electron chi connectivity index (χ1n) is 10.3. The van der Waals surface area contributed by atoms with Gasteiger partial charge in [-0.05, 0) is 54.2 Å². The highest BCUT2D eigenvalue weighted by Gasteiger charge is 2.35. The first-order valence-corrected chi connectivity index (χ1v) is 11.8. The summed E-state index contributed by atoms with van der Waals surface area (Å²) in [6.45, 7) is 5.89. The smallest absolute Gasteiger partial charge is 0.217 e. The first-order chi connectivity index (χ1) is 14.8. The first kappa shape index (κ1) is 24.9. The monoisotopic (exact) mass is 447 g/mol. The second-order valence-electron chi connectivity index (χ2n) is 7.56. The minimum Gasteiger partial charge on any atom is -0.497 e. The van der Waals surface area contributed by atoms with Crippen molar-refractivity contribution in [2.75, 3.05) is 20.8 Å². The van der Waals surface area contributed by atoms with E-state index in [0.717, 1.165) is 11.1 Å². The highest BCUT2D eigenvalue weighted by Crippen LogP contribution is 2.27. The van der Waals surface area contributed by atoms with E-state index in [9.17, 15) is 13.5 Å². The number of allylic oxidation sites excluding steroid dienone is 1. The average Bonchev–Trinajstić information content (AvgIpc) is 2.78. The van der Waals surface area contributed by atoms with Gasteiger partial charge in [-0.25, -0.2) is 8.42 Å². The van der Waals surface area contributed by atoms with Gasteiger partial charge in [-0.3, -0.25) is 0 Å². The number of aliphatic hydroxyl groups excluding tert-OH is 1. The van der Waals surface area contributed by atoms with E-state index in [1.165, 1.54) is 4.31 Å². The van der Waals surface area contributed by atoms with Crippen molar-refractivity contribution in [3.05, 3.63) is 72.3 Å². The van der Waals surface area contributed by atoms with E-state index < -0.39 is 15.3 Å². The van der Waals surface area contributed by atoms with Crippen LogP contribution in [0.2, 0.25) is 0 Å². The van der Waals surface area contributed by atoms with E-state index in [4.69, 9.17) is 9.47 Å². The van der Waals surface area contributed by atoms with Crippen molar-refractivity contribution < 1.29 is 23.0 Å². The number of rotatable bonds is 13. The maximum absolute atomic E-state index is 13.7. The van der Waals surface area contributed by atoms with Gasteiger partial charge in [-0.2, -0.15) is 4.31 Å². The fourth-order valence-electron chi connectivity index (χ4n) is 3.57. The van der Waals surface area contributed by atoms with Gasteiger partial charge in [-0.1, -0.05) is 37.3 Å². The lowest BCUT2D eigenvalue weighted by molar-refractivity contribution is 0.269. The number of aliphatic hydroxyl groups is 1. The van der Waals surface area contributed by atoms with Gasteiger partial charge < -0.3 is 14.6 Å². The molecule has 7 heteroatoms. The number of hydrogen-bond acceptors (Lipinski definition) is 5. The van der Waals surface area contributed by atoms with Gasteiger partial charge in [0.25, 0.3) is 0 Å². The summed E-state index contributed by atoms with van der Waals surface area (Å²) in [4.78, 5) is 0. The highest BCUT2D eigenvalue weighted by atomic mass is 32.2. The van der Waals surface area contributed by atoms with Crippen LogP contribution in [0.3, 0.4) is 0 Å².